The number of halogens is 1. The van der Waals surface area contributed by atoms with E-state index in [0.717, 1.165) is 11.0 Å². The van der Waals surface area contributed by atoms with E-state index in [-0.39, 0.29) is 12.5 Å². The standard InChI is InChI=1S/C12H11ClN6O2S/c13-22(20,21)19(12-14-6-3-7-15-12)16-8-11-17-9-4-1-2-5-10(9)18-11/h1-7,16H,8H2,(H,17,18). The quantitative estimate of drug-likeness (QED) is 0.537. The van der Waals surface area contributed by atoms with Gasteiger partial charge in [0.2, 0.25) is 0 Å². The number of nitrogens with zero attached hydrogens (tertiary/aromatic N) is 4. The summed E-state index contributed by atoms with van der Waals surface area (Å²) in [4.78, 5) is 15.1. The molecule has 114 valence electrons. The van der Waals surface area contributed by atoms with Gasteiger partial charge in [-0.1, -0.05) is 12.1 Å². The van der Waals surface area contributed by atoms with Crippen LogP contribution in [0.2, 0.25) is 0 Å². The van der Waals surface area contributed by atoms with Crippen molar-refractivity contribution in [1.29, 1.82) is 0 Å². The molecular weight excluding hydrogens is 328 g/mol. The van der Waals surface area contributed by atoms with Crippen molar-refractivity contribution in [3.63, 3.8) is 0 Å². The van der Waals surface area contributed by atoms with Crippen molar-refractivity contribution >= 4 is 36.9 Å². The third-order valence-corrected chi connectivity index (χ3v) is 3.92. The first-order valence-electron chi connectivity index (χ1n) is 6.23. The summed E-state index contributed by atoms with van der Waals surface area (Å²) in [6.45, 7) is 0.110. The lowest BCUT2D eigenvalue weighted by Crippen LogP contribution is -2.41. The van der Waals surface area contributed by atoms with Gasteiger partial charge in [0.25, 0.3) is 5.95 Å². The van der Waals surface area contributed by atoms with E-state index in [4.69, 9.17) is 10.7 Å². The maximum Gasteiger partial charge on any atom is 0.337 e. The zero-order valence-electron chi connectivity index (χ0n) is 11.1. The van der Waals surface area contributed by atoms with Crippen LogP contribution in [-0.2, 0) is 15.8 Å². The third kappa shape index (κ3) is 3.16. The molecule has 0 bridgehead atoms. The van der Waals surface area contributed by atoms with Gasteiger partial charge < -0.3 is 4.98 Å². The van der Waals surface area contributed by atoms with Crippen LogP contribution >= 0.6 is 10.7 Å². The molecule has 2 aromatic heterocycles. The summed E-state index contributed by atoms with van der Waals surface area (Å²) in [5.41, 5.74) is 4.29. The summed E-state index contributed by atoms with van der Waals surface area (Å²) in [5, 5.41) is 0. The van der Waals surface area contributed by atoms with Crippen LogP contribution in [0.25, 0.3) is 11.0 Å². The van der Waals surface area contributed by atoms with Crippen molar-refractivity contribution in [2.45, 2.75) is 6.54 Å². The van der Waals surface area contributed by atoms with E-state index in [1.165, 1.54) is 12.4 Å². The Labute approximate surface area is 130 Å². The molecule has 0 aliphatic heterocycles. The second-order valence-electron chi connectivity index (χ2n) is 4.29. The monoisotopic (exact) mass is 338 g/mol. The molecule has 0 saturated carbocycles. The molecule has 3 rings (SSSR count). The molecule has 10 heteroatoms. The minimum atomic E-state index is -4.09. The summed E-state index contributed by atoms with van der Waals surface area (Å²) in [5.74, 6) is 0.482. The molecule has 3 aromatic rings. The first-order chi connectivity index (χ1) is 10.5. The number of imidazole rings is 1. The van der Waals surface area contributed by atoms with E-state index in [2.05, 4.69) is 25.4 Å². The Morgan fingerprint density at radius 1 is 1.18 bits per heavy atom. The predicted octanol–water partition coefficient (Wildman–Crippen LogP) is 1.35. The van der Waals surface area contributed by atoms with Crippen molar-refractivity contribution in [2.75, 3.05) is 4.41 Å². The highest BCUT2D eigenvalue weighted by Crippen LogP contribution is 2.14. The molecule has 22 heavy (non-hydrogen) atoms. The molecule has 0 amide bonds. The predicted molar refractivity (Wildman–Crippen MR) is 82.2 cm³/mol. The number of H-pyrrole nitrogens is 1. The molecule has 0 aliphatic carbocycles. The van der Waals surface area contributed by atoms with Crippen LogP contribution in [0, 0.1) is 0 Å². The number of hydrogen-bond acceptors (Lipinski definition) is 6. The molecule has 0 fully saturated rings. The molecule has 0 saturated heterocycles. The smallest absolute Gasteiger partial charge is 0.337 e. The lowest BCUT2D eigenvalue weighted by molar-refractivity contribution is 0.585. The van der Waals surface area contributed by atoms with E-state index in [1.807, 2.05) is 24.3 Å². The largest absolute Gasteiger partial charge is 0.341 e. The minimum Gasteiger partial charge on any atom is -0.341 e. The van der Waals surface area contributed by atoms with Crippen LogP contribution in [0.4, 0.5) is 5.95 Å². The Kier molecular flexibility index (Phi) is 3.92. The van der Waals surface area contributed by atoms with E-state index < -0.39 is 9.24 Å². The van der Waals surface area contributed by atoms with Crippen molar-refractivity contribution in [3.05, 3.63) is 48.5 Å². The Morgan fingerprint density at radius 2 is 1.91 bits per heavy atom. The van der Waals surface area contributed by atoms with Crippen molar-refractivity contribution in [3.8, 4) is 0 Å². The zero-order valence-corrected chi connectivity index (χ0v) is 12.7. The molecule has 2 N–H and O–H groups in total. The van der Waals surface area contributed by atoms with Gasteiger partial charge in [0.05, 0.1) is 17.6 Å². The molecule has 2 heterocycles. The van der Waals surface area contributed by atoms with E-state index >= 15 is 0 Å². The summed E-state index contributed by atoms with van der Waals surface area (Å²) >= 11 is 0. The number of benzene rings is 1. The molecule has 0 atom stereocenters. The van der Waals surface area contributed by atoms with Crippen LogP contribution in [0.3, 0.4) is 0 Å². The van der Waals surface area contributed by atoms with Crippen molar-refractivity contribution in [1.82, 2.24) is 25.4 Å². The van der Waals surface area contributed by atoms with Gasteiger partial charge in [0.1, 0.15) is 5.82 Å². The molecule has 0 radical (unpaired) electrons. The normalized spacial score (nSPS) is 11.7. The third-order valence-electron chi connectivity index (χ3n) is 2.78. The summed E-state index contributed by atoms with van der Waals surface area (Å²) < 4.78 is 24.0. The number of hydrazine groups is 1. The average Bonchev–Trinajstić information content (AvgIpc) is 2.90. The fourth-order valence-electron chi connectivity index (χ4n) is 1.88. The average molecular weight is 339 g/mol. The molecule has 0 spiro atoms. The van der Waals surface area contributed by atoms with Gasteiger partial charge in [-0.05, 0) is 18.2 Å². The highest BCUT2D eigenvalue weighted by atomic mass is 35.7. The lowest BCUT2D eigenvalue weighted by Gasteiger charge is -2.18. The molecule has 0 unspecified atom stereocenters. The Morgan fingerprint density at radius 3 is 2.59 bits per heavy atom. The number of para-hydroxylation sites is 2. The Hall–Kier alpha value is -2.23. The van der Waals surface area contributed by atoms with Gasteiger partial charge in [-0.2, -0.15) is 12.8 Å². The Bertz CT molecular complexity index is 850. The van der Waals surface area contributed by atoms with Crippen molar-refractivity contribution in [2.24, 2.45) is 0 Å². The summed E-state index contributed by atoms with van der Waals surface area (Å²) in [7, 11) is 1.31. The highest BCUT2D eigenvalue weighted by Gasteiger charge is 2.22. The maximum atomic E-state index is 11.6. The number of hydrogen-bond donors (Lipinski definition) is 2. The molecule has 8 nitrogen and oxygen atoms in total. The van der Waals surface area contributed by atoms with E-state index in [1.54, 1.807) is 6.07 Å². The van der Waals surface area contributed by atoms with Crippen LogP contribution in [-0.4, -0.2) is 28.4 Å². The second-order valence-corrected chi connectivity index (χ2v) is 6.65. The van der Waals surface area contributed by atoms with Gasteiger partial charge in [-0.15, -0.1) is 0 Å². The topological polar surface area (TPSA) is 104 Å². The van der Waals surface area contributed by atoms with Gasteiger partial charge in [-0.25, -0.2) is 20.4 Å². The van der Waals surface area contributed by atoms with Gasteiger partial charge in [0.15, 0.2) is 0 Å². The number of rotatable bonds is 5. The molecule has 1 aromatic carbocycles. The summed E-state index contributed by atoms with van der Waals surface area (Å²) in [6.07, 6.45) is 2.83. The van der Waals surface area contributed by atoms with E-state index in [0.29, 0.717) is 10.2 Å². The second kappa shape index (κ2) is 5.87. The fraction of sp³-hybridized carbons (Fsp3) is 0.0833. The number of anilines is 1. The van der Waals surface area contributed by atoms with Crippen molar-refractivity contribution < 1.29 is 8.42 Å². The fourth-order valence-corrected chi connectivity index (χ4v) is 2.72. The first kappa shape index (κ1) is 14.7. The SMILES string of the molecule is O=S(=O)(Cl)N(NCc1nc2ccccc2[nH]1)c1ncccn1. The number of fused-ring (bicyclic) bond motifs is 1. The number of aromatic amines is 1. The van der Waals surface area contributed by atoms with Gasteiger partial charge in [-0.3, -0.25) is 0 Å². The summed E-state index contributed by atoms with van der Waals surface area (Å²) in [6, 6.07) is 9.05. The van der Waals surface area contributed by atoms with Crippen LogP contribution in [0.15, 0.2) is 42.7 Å². The zero-order chi connectivity index (χ0) is 15.6. The molecular formula is C12H11ClN6O2S. The first-order valence-corrected chi connectivity index (χ1v) is 8.50. The highest BCUT2D eigenvalue weighted by molar-refractivity contribution is 8.14. The Balaban J connectivity index is 1.82. The van der Waals surface area contributed by atoms with Gasteiger partial charge in [0, 0.05) is 23.1 Å². The molecule has 0 aliphatic rings. The lowest BCUT2D eigenvalue weighted by atomic mass is 10.3. The van der Waals surface area contributed by atoms with Gasteiger partial charge >= 0.3 is 9.24 Å². The number of nitrogens with one attached hydrogen (secondary N) is 2. The van der Waals surface area contributed by atoms with E-state index in [9.17, 15) is 8.42 Å². The maximum absolute atomic E-state index is 11.6. The van der Waals surface area contributed by atoms with Crippen LogP contribution < -0.4 is 9.84 Å². The minimum absolute atomic E-state index is 0.0754. The van der Waals surface area contributed by atoms with Crippen LogP contribution in [0.5, 0.6) is 0 Å². The van der Waals surface area contributed by atoms with Crippen LogP contribution in [0.1, 0.15) is 5.82 Å². The number of aromatic nitrogens is 4.